The van der Waals surface area contributed by atoms with Crippen LogP contribution in [0.5, 0.6) is 0 Å². The molecule has 0 radical (unpaired) electrons. The maximum atomic E-state index is 11.9. The Morgan fingerprint density at radius 3 is 2.71 bits per heavy atom. The Hall–Kier alpha value is -2.29. The van der Waals surface area contributed by atoms with Crippen LogP contribution < -0.4 is 5.32 Å². The second kappa shape index (κ2) is 6.00. The Balaban J connectivity index is 2.11. The normalized spacial score (nSPS) is 10.4. The van der Waals surface area contributed by atoms with Crippen molar-refractivity contribution in [3.05, 3.63) is 44.3 Å². The van der Waals surface area contributed by atoms with Crippen molar-refractivity contribution in [3.8, 4) is 0 Å². The number of rotatable bonds is 4. The first kappa shape index (κ1) is 15.1. The molecule has 0 bridgehead atoms. The van der Waals surface area contributed by atoms with Gasteiger partial charge in [-0.05, 0) is 41.9 Å². The van der Waals surface area contributed by atoms with Crippen LogP contribution in [0.4, 0.5) is 11.5 Å². The maximum absolute atomic E-state index is 11.9. The smallest absolute Gasteiger partial charge is 0.309 e. The highest BCUT2D eigenvalue weighted by molar-refractivity contribution is 9.10. The molecule has 2 aromatic heterocycles. The van der Waals surface area contributed by atoms with E-state index in [1.807, 2.05) is 0 Å². The van der Waals surface area contributed by atoms with E-state index >= 15 is 0 Å². The Morgan fingerprint density at radius 1 is 1.48 bits per heavy atom. The molecule has 0 aromatic carbocycles. The van der Waals surface area contributed by atoms with Gasteiger partial charge in [-0.1, -0.05) is 0 Å². The highest BCUT2D eigenvalue weighted by Crippen LogP contribution is 2.21. The molecule has 0 aliphatic heterocycles. The number of pyridine rings is 1. The second-order valence-corrected chi connectivity index (χ2v) is 5.26. The summed E-state index contributed by atoms with van der Waals surface area (Å²) in [5.41, 5.74) is 0.563. The second-order valence-electron chi connectivity index (χ2n) is 4.34. The van der Waals surface area contributed by atoms with Crippen LogP contribution in [0.1, 0.15) is 11.4 Å². The molecule has 9 heteroatoms. The van der Waals surface area contributed by atoms with E-state index in [2.05, 4.69) is 31.3 Å². The Kier molecular flexibility index (Phi) is 4.32. The van der Waals surface area contributed by atoms with Crippen molar-refractivity contribution in [2.24, 2.45) is 0 Å². The molecule has 8 nitrogen and oxygen atoms in total. The zero-order valence-electron chi connectivity index (χ0n) is 11.3. The van der Waals surface area contributed by atoms with E-state index in [4.69, 9.17) is 0 Å². The van der Waals surface area contributed by atoms with Gasteiger partial charge < -0.3 is 5.32 Å². The van der Waals surface area contributed by atoms with Gasteiger partial charge in [0.1, 0.15) is 23.8 Å². The number of carbonyl (C=O) groups is 1. The number of nitro groups is 1. The quantitative estimate of drug-likeness (QED) is 0.670. The van der Waals surface area contributed by atoms with E-state index in [0.717, 1.165) is 4.47 Å². The molecular formula is C12H12BrN5O3. The predicted octanol–water partition coefficient (Wildman–Crippen LogP) is 2.20. The van der Waals surface area contributed by atoms with Crippen LogP contribution in [0.15, 0.2) is 22.8 Å². The fourth-order valence-corrected chi connectivity index (χ4v) is 2.11. The molecular weight excluding hydrogens is 342 g/mol. The van der Waals surface area contributed by atoms with Gasteiger partial charge in [0, 0.05) is 10.7 Å². The Bertz CT molecular complexity index is 696. The first-order valence-electron chi connectivity index (χ1n) is 5.98. The number of aromatic nitrogens is 3. The zero-order chi connectivity index (χ0) is 15.6. The van der Waals surface area contributed by atoms with Gasteiger partial charge in [0.2, 0.25) is 5.91 Å². The first-order chi connectivity index (χ1) is 9.88. The van der Waals surface area contributed by atoms with Crippen molar-refractivity contribution >= 4 is 33.3 Å². The summed E-state index contributed by atoms with van der Waals surface area (Å²) in [5.74, 6) is 0.0459. The predicted molar refractivity (Wildman–Crippen MR) is 78.9 cm³/mol. The SMILES string of the molecule is Cc1nn(CC(=O)Nc2ccc(Br)cn2)c(C)c1[N+](=O)[O-]. The molecule has 2 rings (SSSR count). The fourth-order valence-electron chi connectivity index (χ4n) is 1.87. The molecule has 0 fully saturated rings. The molecule has 0 spiro atoms. The van der Waals surface area contributed by atoms with Crippen LogP contribution in [0.25, 0.3) is 0 Å². The number of hydrogen-bond donors (Lipinski definition) is 1. The lowest BCUT2D eigenvalue weighted by Crippen LogP contribution is -2.20. The maximum Gasteiger partial charge on any atom is 0.312 e. The summed E-state index contributed by atoms with van der Waals surface area (Å²) in [5, 5.41) is 17.5. The molecule has 21 heavy (non-hydrogen) atoms. The summed E-state index contributed by atoms with van der Waals surface area (Å²) in [7, 11) is 0. The van der Waals surface area contributed by atoms with Gasteiger partial charge in [0.15, 0.2) is 0 Å². The molecule has 2 aromatic rings. The topological polar surface area (TPSA) is 103 Å². The van der Waals surface area contributed by atoms with Crippen molar-refractivity contribution < 1.29 is 9.72 Å². The summed E-state index contributed by atoms with van der Waals surface area (Å²) in [6.45, 7) is 2.98. The summed E-state index contributed by atoms with van der Waals surface area (Å²) in [6.07, 6.45) is 1.56. The van der Waals surface area contributed by atoms with E-state index in [9.17, 15) is 14.9 Å². The third kappa shape index (κ3) is 3.43. The van der Waals surface area contributed by atoms with Crippen LogP contribution in [0.2, 0.25) is 0 Å². The molecule has 0 aliphatic carbocycles. The summed E-state index contributed by atoms with van der Waals surface area (Å²) >= 11 is 3.25. The van der Waals surface area contributed by atoms with Gasteiger partial charge in [-0.15, -0.1) is 0 Å². The number of anilines is 1. The van der Waals surface area contributed by atoms with Crippen LogP contribution in [0.3, 0.4) is 0 Å². The van der Waals surface area contributed by atoms with Crippen LogP contribution >= 0.6 is 15.9 Å². The highest BCUT2D eigenvalue weighted by atomic mass is 79.9. The molecule has 0 unspecified atom stereocenters. The largest absolute Gasteiger partial charge is 0.312 e. The summed E-state index contributed by atoms with van der Waals surface area (Å²) < 4.78 is 2.11. The molecule has 0 aliphatic rings. The van der Waals surface area contributed by atoms with Gasteiger partial charge in [-0.25, -0.2) is 4.98 Å². The van der Waals surface area contributed by atoms with Gasteiger partial charge in [-0.2, -0.15) is 5.10 Å². The minimum absolute atomic E-state index is 0.0652. The number of hydrogen-bond acceptors (Lipinski definition) is 5. The Morgan fingerprint density at radius 2 is 2.19 bits per heavy atom. The molecule has 0 atom stereocenters. The monoisotopic (exact) mass is 353 g/mol. The average Bonchev–Trinajstić information content (AvgIpc) is 2.67. The fraction of sp³-hybridized carbons (Fsp3) is 0.250. The minimum atomic E-state index is -0.498. The van der Waals surface area contributed by atoms with Crippen molar-refractivity contribution in [3.63, 3.8) is 0 Å². The van der Waals surface area contributed by atoms with Crippen LogP contribution in [-0.4, -0.2) is 25.6 Å². The summed E-state index contributed by atoms with van der Waals surface area (Å²) in [4.78, 5) is 26.3. The third-order valence-electron chi connectivity index (χ3n) is 2.81. The van der Waals surface area contributed by atoms with Gasteiger partial charge >= 0.3 is 5.69 Å². The van der Waals surface area contributed by atoms with Crippen molar-refractivity contribution in [2.75, 3.05) is 5.32 Å². The zero-order valence-corrected chi connectivity index (χ0v) is 12.9. The van der Waals surface area contributed by atoms with Crippen LogP contribution in [0, 0.1) is 24.0 Å². The molecule has 1 N–H and O–H groups in total. The van der Waals surface area contributed by atoms with Gasteiger partial charge in [-0.3, -0.25) is 19.6 Å². The number of nitrogens with one attached hydrogen (secondary N) is 1. The molecule has 110 valence electrons. The molecule has 0 saturated heterocycles. The minimum Gasteiger partial charge on any atom is -0.309 e. The number of amides is 1. The summed E-state index contributed by atoms with van der Waals surface area (Å²) in [6, 6.07) is 3.39. The highest BCUT2D eigenvalue weighted by Gasteiger charge is 2.22. The first-order valence-corrected chi connectivity index (χ1v) is 6.77. The molecule has 0 saturated carbocycles. The Labute approximate surface area is 128 Å². The number of nitrogens with zero attached hydrogens (tertiary/aromatic N) is 4. The van der Waals surface area contributed by atoms with E-state index in [1.54, 1.807) is 25.3 Å². The number of halogens is 1. The van der Waals surface area contributed by atoms with Gasteiger partial charge in [0.25, 0.3) is 0 Å². The van der Waals surface area contributed by atoms with E-state index in [1.165, 1.54) is 11.6 Å². The molecule has 1 amide bonds. The van der Waals surface area contributed by atoms with Crippen molar-refractivity contribution in [1.82, 2.24) is 14.8 Å². The van der Waals surface area contributed by atoms with E-state index < -0.39 is 4.92 Å². The van der Waals surface area contributed by atoms with Crippen LogP contribution in [-0.2, 0) is 11.3 Å². The average molecular weight is 354 g/mol. The van der Waals surface area contributed by atoms with Gasteiger partial charge in [0.05, 0.1) is 4.92 Å². The lowest BCUT2D eigenvalue weighted by atomic mass is 10.3. The van der Waals surface area contributed by atoms with Crippen molar-refractivity contribution in [2.45, 2.75) is 20.4 Å². The molecule has 2 heterocycles. The van der Waals surface area contributed by atoms with E-state index in [-0.39, 0.29) is 23.8 Å². The number of carbonyl (C=O) groups excluding carboxylic acids is 1. The lowest BCUT2D eigenvalue weighted by molar-refractivity contribution is -0.386. The standard InChI is InChI=1S/C12H12BrN5O3/c1-7-12(18(20)21)8(2)17(16-7)6-11(19)15-10-4-3-9(13)5-14-10/h3-5H,6H2,1-2H3,(H,14,15,19). The third-order valence-corrected chi connectivity index (χ3v) is 3.28. The number of aryl methyl sites for hydroxylation is 1. The lowest BCUT2D eigenvalue weighted by Gasteiger charge is -2.05. The van der Waals surface area contributed by atoms with Crippen molar-refractivity contribution in [1.29, 1.82) is 0 Å². The van der Waals surface area contributed by atoms with E-state index in [0.29, 0.717) is 11.5 Å².